The number of carbonyl (C=O) groups is 2. The van der Waals surface area contributed by atoms with Crippen molar-refractivity contribution in [1.82, 2.24) is 9.78 Å². The van der Waals surface area contributed by atoms with Gasteiger partial charge in [-0.05, 0) is 50.2 Å². The van der Waals surface area contributed by atoms with Crippen LogP contribution in [0.15, 0.2) is 71.3 Å². The maximum absolute atomic E-state index is 13.0. The number of nitrogens with one attached hydrogen (secondary N) is 1. The predicted molar refractivity (Wildman–Crippen MR) is 128 cm³/mol. The molecule has 0 aliphatic heterocycles. The van der Waals surface area contributed by atoms with Gasteiger partial charge in [0, 0.05) is 11.6 Å². The topological polar surface area (TPSA) is 139 Å². The van der Waals surface area contributed by atoms with E-state index in [1.807, 2.05) is 6.07 Å². The van der Waals surface area contributed by atoms with Crippen molar-refractivity contribution in [3.05, 3.63) is 99.6 Å². The van der Waals surface area contributed by atoms with Crippen molar-refractivity contribution in [2.75, 3.05) is 11.9 Å². The van der Waals surface area contributed by atoms with E-state index in [-0.39, 0.29) is 36.0 Å². The SMILES string of the molecule is CCOC(=O)c1cnn(-c2ccccc2)c1NC(=O)c1ccc(COc2ccc([N+](=O)[O-])c(C)c2)o1. The van der Waals surface area contributed by atoms with Crippen LogP contribution in [0.4, 0.5) is 11.5 Å². The third kappa shape index (κ3) is 5.25. The van der Waals surface area contributed by atoms with Gasteiger partial charge in [0.05, 0.1) is 23.4 Å². The molecule has 2 aromatic heterocycles. The second-order valence-corrected chi connectivity index (χ2v) is 7.59. The van der Waals surface area contributed by atoms with Crippen LogP contribution in [0.2, 0.25) is 0 Å². The van der Waals surface area contributed by atoms with Gasteiger partial charge in [-0.25, -0.2) is 9.48 Å². The molecule has 0 saturated carbocycles. The lowest BCUT2D eigenvalue weighted by molar-refractivity contribution is -0.385. The summed E-state index contributed by atoms with van der Waals surface area (Å²) in [5, 5.41) is 17.9. The molecule has 0 bridgehead atoms. The van der Waals surface area contributed by atoms with Gasteiger partial charge in [0.2, 0.25) is 0 Å². The van der Waals surface area contributed by atoms with E-state index in [0.29, 0.717) is 22.8 Å². The van der Waals surface area contributed by atoms with Crippen LogP contribution < -0.4 is 10.1 Å². The van der Waals surface area contributed by atoms with E-state index >= 15 is 0 Å². The summed E-state index contributed by atoms with van der Waals surface area (Å²) in [6, 6.07) is 16.5. The van der Waals surface area contributed by atoms with Crippen molar-refractivity contribution < 1.29 is 28.4 Å². The summed E-state index contributed by atoms with van der Waals surface area (Å²) in [6.45, 7) is 3.46. The van der Waals surface area contributed by atoms with Gasteiger partial charge >= 0.3 is 5.97 Å². The Hall–Kier alpha value is -4.93. The summed E-state index contributed by atoms with van der Waals surface area (Å²) in [7, 11) is 0. The minimum Gasteiger partial charge on any atom is -0.486 e. The number of aromatic nitrogens is 2. The van der Waals surface area contributed by atoms with Crippen LogP contribution in [0.25, 0.3) is 5.69 Å². The van der Waals surface area contributed by atoms with Crippen molar-refractivity contribution in [2.45, 2.75) is 20.5 Å². The van der Waals surface area contributed by atoms with Gasteiger partial charge in [-0.2, -0.15) is 5.10 Å². The first-order valence-electron chi connectivity index (χ1n) is 11.0. The summed E-state index contributed by atoms with van der Waals surface area (Å²) >= 11 is 0. The number of ether oxygens (including phenoxy) is 2. The van der Waals surface area contributed by atoms with Crippen LogP contribution in [0.3, 0.4) is 0 Å². The predicted octanol–water partition coefficient (Wildman–Crippen LogP) is 4.69. The van der Waals surface area contributed by atoms with E-state index in [1.54, 1.807) is 50.2 Å². The summed E-state index contributed by atoms with van der Waals surface area (Å²) in [5.41, 5.74) is 1.19. The van der Waals surface area contributed by atoms with Gasteiger partial charge in [0.25, 0.3) is 11.6 Å². The monoisotopic (exact) mass is 490 g/mol. The number of nitrogens with zero attached hydrogens (tertiary/aromatic N) is 3. The number of aryl methyl sites for hydroxylation is 1. The first-order chi connectivity index (χ1) is 17.4. The standard InChI is InChI=1S/C25H22N4O7/c1-3-34-25(31)20-14-26-28(17-7-5-4-6-8-17)23(20)27-24(30)22-12-10-19(36-22)15-35-18-9-11-21(29(32)33)16(2)13-18/h4-14H,3,15H2,1-2H3,(H,27,30). The molecule has 36 heavy (non-hydrogen) atoms. The minimum atomic E-state index is -0.623. The Morgan fingerprint density at radius 3 is 2.61 bits per heavy atom. The van der Waals surface area contributed by atoms with Crippen molar-refractivity contribution in [2.24, 2.45) is 0 Å². The first-order valence-corrected chi connectivity index (χ1v) is 11.0. The van der Waals surface area contributed by atoms with E-state index in [2.05, 4.69) is 10.4 Å². The lowest BCUT2D eigenvalue weighted by Gasteiger charge is -2.10. The highest BCUT2D eigenvalue weighted by molar-refractivity contribution is 6.06. The van der Waals surface area contributed by atoms with Crippen molar-refractivity contribution in [3.63, 3.8) is 0 Å². The molecule has 0 unspecified atom stereocenters. The van der Waals surface area contributed by atoms with Gasteiger partial charge in [0.1, 0.15) is 23.7 Å². The van der Waals surface area contributed by atoms with Gasteiger partial charge in [-0.3, -0.25) is 14.9 Å². The smallest absolute Gasteiger partial charge is 0.343 e. The van der Waals surface area contributed by atoms with E-state index in [4.69, 9.17) is 13.9 Å². The molecule has 1 N–H and O–H groups in total. The number of benzene rings is 2. The molecule has 0 spiro atoms. The summed E-state index contributed by atoms with van der Waals surface area (Å²) in [6.07, 6.45) is 1.33. The van der Waals surface area contributed by atoms with Crippen LogP contribution in [-0.2, 0) is 11.3 Å². The van der Waals surface area contributed by atoms with Crippen LogP contribution in [0, 0.1) is 17.0 Å². The maximum atomic E-state index is 13.0. The second kappa shape index (κ2) is 10.6. The van der Waals surface area contributed by atoms with Gasteiger partial charge < -0.3 is 19.2 Å². The molecule has 4 aromatic rings. The zero-order valence-electron chi connectivity index (χ0n) is 19.5. The Kier molecular flexibility index (Phi) is 7.10. The largest absolute Gasteiger partial charge is 0.486 e. The fraction of sp³-hybridized carbons (Fsp3) is 0.160. The number of anilines is 1. The van der Waals surface area contributed by atoms with Crippen LogP contribution in [-0.4, -0.2) is 33.2 Å². The van der Waals surface area contributed by atoms with Crippen molar-refractivity contribution in [1.29, 1.82) is 0 Å². The van der Waals surface area contributed by atoms with Gasteiger partial charge in [-0.1, -0.05) is 18.2 Å². The molecule has 184 valence electrons. The molecule has 0 aliphatic carbocycles. The second-order valence-electron chi connectivity index (χ2n) is 7.59. The number of carbonyl (C=O) groups excluding carboxylic acids is 2. The van der Waals surface area contributed by atoms with Crippen LogP contribution in [0.1, 0.15) is 39.2 Å². The number of para-hydroxylation sites is 1. The average molecular weight is 490 g/mol. The molecular weight excluding hydrogens is 468 g/mol. The summed E-state index contributed by atoms with van der Waals surface area (Å²) < 4.78 is 17.8. The minimum absolute atomic E-state index is 0.000550. The van der Waals surface area contributed by atoms with E-state index in [1.165, 1.54) is 29.1 Å². The molecular formula is C25H22N4O7. The Morgan fingerprint density at radius 1 is 1.14 bits per heavy atom. The lowest BCUT2D eigenvalue weighted by Crippen LogP contribution is -2.17. The van der Waals surface area contributed by atoms with Gasteiger partial charge in [0.15, 0.2) is 11.6 Å². The summed E-state index contributed by atoms with van der Waals surface area (Å²) in [4.78, 5) is 35.9. The number of furan rings is 1. The zero-order chi connectivity index (χ0) is 25.7. The summed E-state index contributed by atoms with van der Waals surface area (Å²) in [5.74, 6) is -0.313. The first kappa shape index (κ1) is 24.2. The number of hydrogen-bond acceptors (Lipinski definition) is 8. The molecule has 0 atom stereocenters. The maximum Gasteiger partial charge on any atom is 0.343 e. The molecule has 1 amide bonds. The number of hydrogen-bond donors (Lipinski definition) is 1. The van der Waals surface area contributed by atoms with Crippen molar-refractivity contribution in [3.8, 4) is 11.4 Å². The molecule has 2 heterocycles. The van der Waals surface area contributed by atoms with E-state index < -0.39 is 16.8 Å². The number of nitro groups is 1. The zero-order valence-corrected chi connectivity index (χ0v) is 19.5. The van der Waals surface area contributed by atoms with Gasteiger partial charge in [-0.15, -0.1) is 0 Å². The Bertz CT molecular complexity index is 1410. The number of rotatable bonds is 9. The van der Waals surface area contributed by atoms with E-state index in [0.717, 1.165) is 0 Å². The molecule has 0 aliphatic rings. The van der Waals surface area contributed by atoms with E-state index in [9.17, 15) is 19.7 Å². The molecule has 11 nitrogen and oxygen atoms in total. The fourth-order valence-corrected chi connectivity index (χ4v) is 3.42. The molecule has 0 radical (unpaired) electrons. The quantitative estimate of drug-likeness (QED) is 0.203. The third-order valence-electron chi connectivity index (χ3n) is 5.13. The highest BCUT2D eigenvalue weighted by Gasteiger charge is 2.23. The Labute approximate surface area is 205 Å². The highest BCUT2D eigenvalue weighted by atomic mass is 16.6. The van der Waals surface area contributed by atoms with Crippen LogP contribution >= 0.6 is 0 Å². The Morgan fingerprint density at radius 2 is 1.92 bits per heavy atom. The average Bonchev–Trinajstić information content (AvgIpc) is 3.51. The van der Waals surface area contributed by atoms with Crippen molar-refractivity contribution >= 4 is 23.4 Å². The Balaban J connectivity index is 1.50. The number of esters is 1. The lowest BCUT2D eigenvalue weighted by atomic mass is 10.2. The number of amides is 1. The third-order valence-corrected chi connectivity index (χ3v) is 5.13. The van der Waals surface area contributed by atoms with Crippen LogP contribution in [0.5, 0.6) is 5.75 Å². The molecule has 0 fully saturated rings. The molecule has 0 saturated heterocycles. The highest BCUT2D eigenvalue weighted by Crippen LogP contribution is 2.25. The number of nitro benzene ring substituents is 1. The molecule has 2 aromatic carbocycles. The molecule has 11 heteroatoms. The molecule has 4 rings (SSSR count). The fourth-order valence-electron chi connectivity index (χ4n) is 3.42. The normalized spacial score (nSPS) is 10.6.